The van der Waals surface area contributed by atoms with Crippen molar-refractivity contribution in [2.75, 3.05) is 18.0 Å². The number of piperidine rings is 1. The standard InChI is InChI=1S/C14H20N2O2S/c1-10(2)12-9-15-14(19-12)16-7-5-11(6-8-16)3-4-13(17)18/h9,11H,1,3-8H2,2H3,(H,17,18). The van der Waals surface area contributed by atoms with E-state index in [9.17, 15) is 4.79 Å². The van der Waals surface area contributed by atoms with Gasteiger partial charge in [-0.1, -0.05) is 17.9 Å². The van der Waals surface area contributed by atoms with Crippen LogP contribution in [-0.4, -0.2) is 29.1 Å². The van der Waals surface area contributed by atoms with E-state index in [0.717, 1.165) is 47.9 Å². The van der Waals surface area contributed by atoms with Crippen LogP contribution in [0.2, 0.25) is 0 Å². The van der Waals surface area contributed by atoms with Crippen LogP contribution in [0.3, 0.4) is 0 Å². The highest BCUT2D eigenvalue weighted by molar-refractivity contribution is 7.16. The highest BCUT2D eigenvalue weighted by Crippen LogP contribution is 2.31. The zero-order chi connectivity index (χ0) is 13.8. The molecule has 1 aromatic heterocycles. The summed E-state index contributed by atoms with van der Waals surface area (Å²) in [5.41, 5.74) is 1.06. The summed E-state index contributed by atoms with van der Waals surface area (Å²) in [6, 6.07) is 0. The van der Waals surface area contributed by atoms with Gasteiger partial charge in [-0.15, -0.1) is 0 Å². The van der Waals surface area contributed by atoms with Gasteiger partial charge in [-0.05, 0) is 37.7 Å². The van der Waals surface area contributed by atoms with Crippen molar-refractivity contribution in [3.05, 3.63) is 17.7 Å². The van der Waals surface area contributed by atoms with Crippen LogP contribution in [-0.2, 0) is 4.79 Å². The van der Waals surface area contributed by atoms with Crippen LogP contribution in [0.15, 0.2) is 12.8 Å². The quantitative estimate of drug-likeness (QED) is 0.899. The molecule has 0 atom stereocenters. The number of hydrogen-bond donors (Lipinski definition) is 1. The fourth-order valence-corrected chi connectivity index (χ4v) is 3.24. The van der Waals surface area contributed by atoms with E-state index >= 15 is 0 Å². The molecule has 2 rings (SSSR count). The monoisotopic (exact) mass is 280 g/mol. The molecule has 0 aromatic carbocycles. The molecule has 104 valence electrons. The van der Waals surface area contributed by atoms with Gasteiger partial charge in [0, 0.05) is 25.7 Å². The molecule has 1 N–H and O–H groups in total. The molecule has 0 radical (unpaired) electrons. The first kappa shape index (κ1) is 14.1. The lowest BCUT2D eigenvalue weighted by Gasteiger charge is -2.31. The zero-order valence-electron chi connectivity index (χ0n) is 11.3. The third kappa shape index (κ3) is 3.80. The minimum Gasteiger partial charge on any atom is -0.481 e. The average molecular weight is 280 g/mol. The summed E-state index contributed by atoms with van der Waals surface area (Å²) in [7, 11) is 0. The Bertz CT molecular complexity index is 462. The summed E-state index contributed by atoms with van der Waals surface area (Å²) in [4.78, 5) is 18.5. The zero-order valence-corrected chi connectivity index (χ0v) is 12.1. The van der Waals surface area contributed by atoms with E-state index < -0.39 is 5.97 Å². The maximum atomic E-state index is 10.6. The Balaban J connectivity index is 1.85. The van der Waals surface area contributed by atoms with Crippen molar-refractivity contribution < 1.29 is 9.90 Å². The molecule has 4 nitrogen and oxygen atoms in total. The summed E-state index contributed by atoms with van der Waals surface area (Å²) in [6.07, 6.45) is 5.11. The maximum Gasteiger partial charge on any atom is 0.303 e. The van der Waals surface area contributed by atoms with E-state index in [1.807, 2.05) is 13.1 Å². The molecule has 0 amide bonds. The van der Waals surface area contributed by atoms with Gasteiger partial charge in [-0.2, -0.15) is 0 Å². The first-order chi connectivity index (χ1) is 9.06. The molecular weight excluding hydrogens is 260 g/mol. The number of hydrogen-bond acceptors (Lipinski definition) is 4. The molecule has 1 aliphatic rings. The number of thiazole rings is 1. The first-order valence-electron chi connectivity index (χ1n) is 6.64. The van der Waals surface area contributed by atoms with Crippen molar-refractivity contribution in [3.63, 3.8) is 0 Å². The van der Waals surface area contributed by atoms with Crippen molar-refractivity contribution >= 4 is 28.0 Å². The predicted octanol–water partition coefficient (Wildman–Crippen LogP) is 3.26. The van der Waals surface area contributed by atoms with Crippen LogP contribution in [0, 0.1) is 5.92 Å². The molecule has 0 bridgehead atoms. The van der Waals surface area contributed by atoms with Crippen molar-refractivity contribution in [2.45, 2.75) is 32.6 Å². The summed E-state index contributed by atoms with van der Waals surface area (Å²) < 4.78 is 0. The van der Waals surface area contributed by atoms with Gasteiger partial charge in [-0.3, -0.25) is 4.79 Å². The number of aliphatic carboxylic acids is 1. The fraction of sp³-hybridized carbons (Fsp3) is 0.571. The molecule has 5 heteroatoms. The van der Waals surface area contributed by atoms with Crippen molar-refractivity contribution in [1.29, 1.82) is 0 Å². The Hall–Kier alpha value is -1.36. The number of anilines is 1. The number of rotatable bonds is 5. The van der Waals surface area contributed by atoms with E-state index in [2.05, 4.69) is 16.5 Å². The Kier molecular flexibility index (Phi) is 4.58. The van der Waals surface area contributed by atoms with Crippen LogP contribution < -0.4 is 4.90 Å². The minimum atomic E-state index is -0.687. The van der Waals surface area contributed by atoms with Gasteiger partial charge in [0.05, 0.1) is 4.88 Å². The van der Waals surface area contributed by atoms with Gasteiger partial charge in [0.25, 0.3) is 0 Å². The fourth-order valence-electron chi connectivity index (χ4n) is 2.35. The van der Waals surface area contributed by atoms with Crippen molar-refractivity contribution in [3.8, 4) is 0 Å². The van der Waals surface area contributed by atoms with Gasteiger partial charge in [0.1, 0.15) is 0 Å². The lowest BCUT2D eigenvalue weighted by Crippen LogP contribution is -2.33. The molecule has 1 fully saturated rings. The second-order valence-electron chi connectivity index (χ2n) is 5.15. The number of carbonyl (C=O) groups is 1. The van der Waals surface area contributed by atoms with Crippen LogP contribution in [0.1, 0.15) is 37.5 Å². The Morgan fingerprint density at radius 2 is 2.26 bits per heavy atom. The van der Waals surface area contributed by atoms with E-state index in [-0.39, 0.29) is 0 Å². The number of carboxylic acid groups (broad SMARTS) is 1. The largest absolute Gasteiger partial charge is 0.481 e. The highest BCUT2D eigenvalue weighted by atomic mass is 32.1. The van der Waals surface area contributed by atoms with Gasteiger partial charge in [0.2, 0.25) is 0 Å². The molecule has 2 heterocycles. The summed E-state index contributed by atoms with van der Waals surface area (Å²) >= 11 is 1.69. The van der Waals surface area contributed by atoms with Crippen molar-refractivity contribution in [2.24, 2.45) is 5.92 Å². The Morgan fingerprint density at radius 1 is 1.58 bits per heavy atom. The van der Waals surface area contributed by atoms with E-state index in [0.29, 0.717) is 12.3 Å². The van der Waals surface area contributed by atoms with E-state index in [1.54, 1.807) is 11.3 Å². The Labute approximate surface area is 117 Å². The third-order valence-electron chi connectivity index (χ3n) is 3.57. The molecule has 1 aromatic rings. The molecule has 1 aliphatic heterocycles. The van der Waals surface area contributed by atoms with Gasteiger partial charge in [-0.25, -0.2) is 4.98 Å². The molecule has 19 heavy (non-hydrogen) atoms. The van der Waals surface area contributed by atoms with Gasteiger partial charge in [0.15, 0.2) is 5.13 Å². The third-order valence-corrected chi connectivity index (χ3v) is 4.79. The molecule has 1 saturated heterocycles. The maximum absolute atomic E-state index is 10.6. The van der Waals surface area contributed by atoms with Crippen LogP contribution in [0.25, 0.3) is 5.57 Å². The first-order valence-corrected chi connectivity index (χ1v) is 7.46. The average Bonchev–Trinajstić information content (AvgIpc) is 2.86. The highest BCUT2D eigenvalue weighted by Gasteiger charge is 2.21. The van der Waals surface area contributed by atoms with Crippen molar-refractivity contribution in [1.82, 2.24) is 4.98 Å². The Morgan fingerprint density at radius 3 is 2.79 bits per heavy atom. The molecule has 0 aliphatic carbocycles. The van der Waals surface area contributed by atoms with Gasteiger partial charge >= 0.3 is 5.97 Å². The van der Waals surface area contributed by atoms with Crippen LogP contribution in [0.4, 0.5) is 5.13 Å². The lowest BCUT2D eigenvalue weighted by molar-refractivity contribution is -0.137. The predicted molar refractivity (Wildman–Crippen MR) is 78.6 cm³/mol. The summed E-state index contributed by atoms with van der Waals surface area (Å²) in [6.45, 7) is 7.89. The van der Waals surface area contributed by atoms with Crippen LogP contribution >= 0.6 is 11.3 Å². The summed E-state index contributed by atoms with van der Waals surface area (Å²) in [5, 5.41) is 9.77. The number of carboxylic acids is 1. The minimum absolute atomic E-state index is 0.293. The van der Waals surface area contributed by atoms with Gasteiger partial charge < -0.3 is 10.0 Å². The number of nitrogens with zero attached hydrogens (tertiary/aromatic N) is 2. The SMILES string of the molecule is C=C(C)c1cnc(N2CCC(CCC(=O)O)CC2)s1. The van der Waals surface area contributed by atoms with Crippen LogP contribution in [0.5, 0.6) is 0 Å². The summed E-state index contributed by atoms with van der Waals surface area (Å²) in [5.74, 6) is -0.138. The second-order valence-corrected chi connectivity index (χ2v) is 6.16. The number of allylic oxidation sites excluding steroid dienone is 1. The molecule has 0 saturated carbocycles. The van der Waals surface area contributed by atoms with E-state index in [4.69, 9.17) is 5.11 Å². The molecular formula is C14H20N2O2S. The smallest absolute Gasteiger partial charge is 0.303 e. The molecule has 0 unspecified atom stereocenters. The normalized spacial score (nSPS) is 16.6. The topological polar surface area (TPSA) is 53.4 Å². The lowest BCUT2D eigenvalue weighted by atomic mass is 9.92. The molecule has 0 spiro atoms. The second kappa shape index (κ2) is 6.19. The number of aromatic nitrogens is 1. The van der Waals surface area contributed by atoms with E-state index in [1.165, 1.54) is 0 Å².